The lowest BCUT2D eigenvalue weighted by molar-refractivity contribution is 0.669. The Kier molecular flexibility index (Phi) is 4.21. The summed E-state index contributed by atoms with van der Waals surface area (Å²) in [6, 6.07) is 47.7. The molecule has 0 aliphatic heterocycles. The van der Waals surface area contributed by atoms with Gasteiger partial charge in [-0.15, -0.1) is 0 Å². The summed E-state index contributed by atoms with van der Waals surface area (Å²) in [5.41, 5.74) is 8.51. The summed E-state index contributed by atoms with van der Waals surface area (Å²) in [6.45, 7) is 0. The van der Waals surface area contributed by atoms with Crippen LogP contribution in [0.1, 0.15) is 0 Å². The number of furan rings is 2. The second-order valence-electron chi connectivity index (χ2n) is 11.2. The Morgan fingerprint density at radius 3 is 1.64 bits per heavy atom. The van der Waals surface area contributed by atoms with Crippen LogP contribution in [-0.2, 0) is 0 Å². The van der Waals surface area contributed by atoms with Crippen LogP contribution in [0, 0.1) is 0 Å². The van der Waals surface area contributed by atoms with E-state index in [2.05, 4.69) is 127 Å². The molecule has 0 aliphatic carbocycles. The zero-order valence-corrected chi connectivity index (χ0v) is 22.5. The van der Waals surface area contributed by atoms with Gasteiger partial charge >= 0.3 is 0 Å². The number of benzene rings is 8. The smallest absolute Gasteiger partial charge is 0.136 e. The van der Waals surface area contributed by atoms with Crippen molar-refractivity contribution in [3.63, 3.8) is 0 Å². The highest BCUT2D eigenvalue weighted by Gasteiger charge is 2.21. The van der Waals surface area contributed by atoms with E-state index in [-0.39, 0.29) is 0 Å². The van der Waals surface area contributed by atoms with Gasteiger partial charge < -0.3 is 8.83 Å². The van der Waals surface area contributed by atoms with E-state index < -0.39 is 0 Å². The van der Waals surface area contributed by atoms with Gasteiger partial charge in [-0.2, -0.15) is 0 Å². The summed E-state index contributed by atoms with van der Waals surface area (Å²) in [4.78, 5) is 0. The van der Waals surface area contributed by atoms with Gasteiger partial charge in [-0.1, -0.05) is 103 Å². The summed E-state index contributed by atoms with van der Waals surface area (Å²) in [6.07, 6.45) is 0. The van der Waals surface area contributed by atoms with Crippen LogP contribution in [0.4, 0.5) is 0 Å². The molecule has 0 radical (unpaired) electrons. The van der Waals surface area contributed by atoms with Crippen LogP contribution in [0.25, 0.3) is 98.4 Å². The molecule has 0 unspecified atom stereocenters. The molecule has 2 nitrogen and oxygen atoms in total. The van der Waals surface area contributed by atoms with Crippen molar-refractivity contribution >= 4 is 76.2 Å². The van der Waals surface area contributed by atoms with Crippen LogP contribution in [0.3, 0.4) is 0 Å². The number of hydrogen-bond donors (Lipinski definition) is 0. The third-order valence-corrected chi connectivity index (χ3v) is 9.00. The number of rotatable bonds is 2. The van der Waals surface area contributed by atoms with E-state index >= 15 is 0 Å². The van der Waals surface area contributed by atoms with Crippen LogP contribution >= 0.6 is 0 Å². The fraction of sp³-hybridized carbons (Fsp3) is 0. The van der Waals surface area contributed by atoms with Gasteiger partial charge in [0.15, 0.2) is 0 Å². The third kappa shape index (κ3) is 2.83. The molecule has 2 aromatic heterocycles. The van der Waals surface area contributed by atoms with Gasteiger partial charge in [0.2, 0.25) is 0 Å². The second kappa shape index (κ2) is 7.99. The monoisotopic (exact) mass is 534 g/mol. The lowest BCUT2D eigenvalue weighted by Crippen LogP contribution is -1.91. The maximum atomic E-state index is 6.46. The summed E-state index contributed by atoms with van der Waals surface area (Å²) in [5, 5.41) is 12.0. The van der Waals surface area contributed by atoms with Gasteiger partial charge in [-0.25, -0.2) is 0 Å². The van der Waals surface area contributed by atoms with E-state index in [0.717, 1.165) is 38.7 Å². The van der Waals surface area contributed by atoms with Crippen LogP contribution < -0.4 is 0 Å². The lowest BCUT2D eigenvalue weighted by Gasteiger charge is -2.18. The molecule has 2 heterocycles. The average Bonchev–Trinajstić information content (AvgIpc) is 3.61. The Bertz CT molecular complexity index is 2630. The Hall–Kier alpha value is -5.60. The largest absolute Gasteiger partial charge is 0.456 e. The van der Waals surface area contributed by atoms with Crippen molar-refractivity contribution in [2.75, 3.05) is 0 Å². The number of fused-ring (bicyclic) bond motifs is 5. The van der Waals surface area contributed by atoms with Gasteiger partial charge in [0.1, 0.15) is 22.3 Å². The Morgan fingerprint density at radius 2 is 0.881 bits per heavy atom. The highest BCUT2D eigenvalue weighted by atomic mass is 16.3. The minimum atomic E-state index is 0.909. The molecule has 0 bridgehead atoms. The van der Waals surface area contributed by atoms with Crippen molar-refractivity contribution < 1.29 is 8.83 Å². The van der Waals surface area contributed by atoms with E-state index in [1.54, 1.807) is 0 Å². The first-order chi connectivity index (χ1) is 20.8. The standard InChI is InChI=1S/C40H22O2/c1-3-12-28-26(10-1)36(25-21-24-20-19-23-9-7-17-33-37(23)38(24)35(22-25)42-33)27-11-2-4-13-29(27)39(28)31-15-8-18-34-40(31)30-14-5-6-16-32(30)41-34/h1-22H. The molecule has 42 heavy (non-hydrogen) atoms. The molecule has 0 saturated heterocycles. The predicted octanol–water partition coefficient (Wildman–Crippen LogP) is 11.7. The fourth-order valence-electron chi connectivity index (χ4n) is 7.31. The summed E-state index contributed by atoms with van der Waals surface area (Å²) in [5.74, 6) is 0. The van der Waals surface area contributed by atoms with E-state index in [4.69, 9.17) is 8.83 Å². The zero-order valence-electron chi connectivity index (χ0n) is 22.5. The first kappa shape index (κ1) is 22.1. The molecule has 0 saturated carbocycles. The van der Waals surface area contributed by atoms with Gasteiger partial charge in [0, 0.05) is 21.5 Å². The SMILES string of the molecule is c1ccc2c(c1)oc1cccc(-c3c4ccccc4c(-c4cc5ccc6cccc7oc(c4)c5c67)c4ccccc34)c12. The molecule has 10 rings (SSSR count). The first-order valence-corrected chi connectivity index (χ1v) is 14.4. The first-order valence-electron chi connectivity index (χ1n) is 14.4. The third-order valence-electron chi connectivity index (χ3n) is 9.00. The summed E-state index contributed by atoms with van der Waals surface area (Å²) < 4.78 is 12.8. The maximum Gasteiger partial charge on any atom is 0.136 e. The Labute approximate surface area is 240 Å². The normalized spacial score (nSPS) is 12.3. The van der Waals surface area contributed by atoms with Crippen LogP contribution in [0.2, 0.25) is 0 Å². The van der Waals surface area contributed by atoms with E-state index in [1.807, 2.05) is 6.07 Å². The maximum absolute atomic E-state index is 6.46. The fourth-order valence-corrected chi connectivity index (χ4v) is 7.31. The molecule has 0 N–H and O–H groups in total. The van der Waals surface area contributed by atoms with Crippen molar-refractivity contribution in [3.05, 3.63) is 133 Å². The lowest BCUT2D eigenvalue weighted by atomic mass is 9.84. The molecule has 10 aromatic rings. The summed E-state index contributed by atoms with van der Waals surface area (Å²) in [7, 11) is 0. The molecule has 0 aliphatic rings. The quantitative estimate of drug-likeness (QED) is 0.163. The Morgan fingerprint density at radius 1 is 0.333 bits per heavy atom. The highest BCUT2D eigenvalue weighted by molar-refractivity contribution is 6.27. The average molecular weight is 535 g/mol. The van der Waals surface area contributed by atoms with Crippen LogP contribution in [0.5, 0.6) is 0 Å². The van der Waals surface area contributed by atoms with E-state index in [9.17, 15) is 0 Å². The molecular weight excluding hydrogens is 512 g/mol. The van der Waals surface area contributed by atoms with Crippen molar-refractivity contribution in [1.29, 1.82) is 0 Å². The molecule has 194 valence electrons. The number of hydrogen-bond acceptors (Lipinski definition) is 2. The molecular formula is C40H22O2. The van der Waals surface area contributed by atoms with E-state index in [0.29, 0.717) is 0 Å². The zero-order chi connectivity index (χ0) is 27.4. The van der Waals surface area contributed by atoms with Gasteiger partial charge in [0.25, 0.3) is 0 Å². The summed E-state index contributed by atoms with van der Waals surface area (Å²) >= 11 is 0. The molecule has 0 atom stereocenters. The van der Waals surface area contributed by atoms with E-state index in [1.165, 1.54) is 59.8 Å². The van der Waals surface area contributed by atoms with Crippen molar-refractivity contribution in [2.45, 2.75) is 0 Å². The minimum Gasteiger partial charge on any atom is -0.456 e. The van der Waals surface area contributed by atoms with Gasteiger partial charge in [-0.3, -0.25) is 0 Å². The topological polar surface area (TPSA) is 26.3 Å². The van der Waals surface area contributed by atoms with Crippen molar-refractivity contribution in [3.8, 4) is 22.3 Å². The van der Waals surface area contributed by atoms with Crippen LogP contribution in [0.15, 0.2) is 142 Å². The van der Waals surface area contributed by atoms with Gasteiger partial charge in [-0.05, 0) is 84.9 Å². The molecule has 8 aromatic carbocycles. The van der Waals surface area contributed by atoms with Crippen molar-refractivity contribution in [2.24, 2.45) is 0 Å². The van der Waals surface area contributed by atoms with Crippen molar-refractivity contribution in [1.82, 2.24) is 0 Å². The predicted molar refractivity (Wildman–Crippen MR) is 176 cm³/mol. The van der Waals surface area contributed by atoms with Gasteiger partial charge in [0.05, 0.1) is 0 Å². The second-order valence-corrected chi connectivity index (χ2v) is 11.2. The Balaban J connectivity index is 1.36. The molecule has 0 spiro atoms. The molecule has 0 fully saturated rings. The minimum absolute atomic E-state index is 0.909. The van der Waals surface area contributed by atoms with Crippen LogP contribution in [-0.4, -0.2) is 0 Å². The molecule has 0 amide bonds. The highest BCUT2D eigenvalue weighted by Crippen LogP contribution is 2.48. The molecule has 2 heteroatoms. The number of para-hydroxylation sites is 1.